The van der Waals surface area contributed by atoms with Crippen molar-refractivity contribution in [3.63, 3.8) is 0 Å². The molecule has 16 heavy (non-hydrogen) atoms. The maximum Gasteiger partial charge on any atom is 0.218 e. The van der Waals surface area contributed by atoms with E-state index in [2.05, 4.69) is 31.1 Å². The van der Waals surface area contributed by atoms with Gasteiger partial charge in [-0.15, -0.1) is 0 Å². The molecule has 0 radical (unpaired) electrons. The number of hydrogen-bond donors (Lipinski definition) is 1. The second kappa shape index (κ2) is 5.30. The zero-order valence-electron chi connectivity index (χ0n) is 10.9. The lowest BCUT2D eigenvalue weighted by Gasteiger charge is -2.21. The van der Waals surface area contributed by atoms with Crippen LogP contribution in [0, 0.1) is 0 Å². The van der Waals surface area contributed by atoms with E-state index < -0.39 is 0 Å². The summed E-state index contributed by atoms with van der Waals surface area (Å²) in [4.78, 5) is 4.26. The fraction of sp³-hybridized carbons (Fsp3) is 0.615. The fourth-order valence-electron chi connectivity index (χ4n) is 1.25. The highest BCUT2D eigenvalue weighted by molar-refractivity contribution is 5.25. The van der Waals surface area contributed by atoms with Gasteiger partial charge in [-0.2, -0.15) is 0 Å². The highest BCUT2D eigenvalue weighted by atomic mass is 16.5. The van der Waals surface area contributed by atoms with Crippen LogP contribution in [-0.2, 0) is 6.54 Å². The first-order chi connectivity index (χ1) is 7.38. The van der Waals surface area contributed by atoms with Crippen LogP contribution in [0.5, 0.6) is 5.88 Å². The van der Waals surface area contributed by atoms with Gasteiger partial charge in [0.25, 0.3) is 0 Å². The molecule has 1 N–H and O–H groups in total. The number of rotatable bonds is 4. The van der Waals surface area contributed by atoms with Gasteiger partial charge in [-0.05, 0) is 40.7 Å². The third kappa shape index (κ3) is 4.62. The van der Waals surface area contributed by atoms with E-state index in [1.54, 1.807) is 6.20 Å². The molecule has 1 aromatic heterocycles. The Morgan fingerprint density at radius 1 is 1.38 bits per heavy atom. The Labute approximate surface area is 98.2 Å². The number of nitrogens with zero attached hydrogens (tertiary/aromatic N) is 1. The maximum absolute atomic E-state index is 5.66. The highest BCUT2D eigenvalue weighted by Crippen LogP contribution is 2.16. The molecular weight excluding hydrogens is 200 g/mol. The first-order valence-electron chi connectivity index (χ1n) is 5.74. The van der Waals surface area contributed by atoms with Crippen molar-refractivity contribution in [1.29, 1.82) is 0 Å². The number of hydrogen-bond acceptors (Lipinski definition) is 3. The predicted octanol–water partition coefficient (Wildman–Crippen LogP) is 2.76. The molecule has 0 fully saturated rings. The largest absolute Gasteiger partial charge is 0.475 e. The van der Waals surface area contributed by atoms with Crippen LogP contribution in [0.1, 0.15) is 40.2 Å². The topological polar surface area (TPSA) is 34.1 Å². The van der Waals surface area contributed by atoms with E-state index in [0.717, 1.165) is 18.0 Å². The van der Waals surface area contributed by atoms with Gasteiger partial charge in [-0.1, -0.05) is 6.07 Å². The number of pyridine rings is 1. The first kappa shape index (κ1) is 13.0. The van der Waals surface area contributed by atoms with E-state index in [9.17, 15) is 0 Å². The Hall–Kier alpha value is -1.09. The zero-order valence-corrected chi connectivity index (χ0v) is 10.9. The van der Waals surface area contributed by atoms with Crippen molar-refractivity contribution >= 4 is 0 Å². The molecule has 0 atom stereocenters. The minimum Gasteiger partial charge on any atom is -0.475 e. The molecular formula is C13H22N2O. The quantitative estimate of drug-likeness (QED) is 0.850. The van der Waals surface area contributed by atoms with Crippen molar-refractivity contribution < 1.29 is 4.74 Å². The molecule has 0 aliphatic heterocycles. The number of nitrogens with one attached hydrogen (secondary N) is 1. The van der Waals surface area contributed by atoms with Crippen LogP contribution in [0.15, 0.2) is 18.3 Å². The molecule has 0 amide bonds. The summed E-state index contributed by atoms with van der Waals surface area (Å²) in [6.45, 7) is 11.2. The van der Waals surface area contributed by atoms with Crippen LogP contribution in [0.3, 0.4) is 0 Å². The van der Waals surface area contributed by atoms with Gasteiger partial charge in [0.15, 0.2) is 0 Å². The highest BCUT2D eigenvalue weighted by Gasteiger charge is 2.11. The van der Waals surface area contributed by atoms with Crippen LogP contribution >= 0.6 is 0 Å². The second-order valence-corrected chi connectivity index (χ2v) is 5.24. The molecule has 3 nitrogen and oxygen atoms in total. The Morgan fingerprint density at radius 3 is 2.62 bits per heavy atom. The van der Waals surface area contributed by atoms with Gasteiger partial charge in [-0.25, -0.2) is 4.98 Å². The molecule has 0 aromatic carbocycles. The Kier molecular flexibility index (Phi) is 4.30. The van der Waals surface area contributed by atoms with Gasteiger partial charge in [0, 0.05) is 23.8 Å². The molecule has 0 spiro atoms. The lowest BCUT2D eigenvalue weighted by molar-refractivity contribution is 0.228. The van der Waals surface area contributed by atoms with E-state index in [1.165, 1.54) is 0 Å². The summed E-state index contributed by atoms with van der Waals surface area (Å²) in [5.41, 5.74) is 1.21. The molecule has 90 valence electrons. The standard InChI is InChI=1S/C13H22N2O/c1-10(2)16-12-11(7-6-8-14-12)9-15-13(3,4)5/h6-8,10,15H,9H2,1-5H3. The summed E-state index contributed by atoms with van der Waals surface area (Å²) in [6.07, 6.45) is 1.92. The molecule has 0 saturated heterocycles. The normalized spacial score (nSPS) is 11.9. The molecule has 0 unspecified atom stereocenters. The van der Waals surface area contributed by atoms with Gasteiger partial charge >= 0.3 is 0 Å². The third-order valence-electron chi connectivity index (χ3n) is 2.01. The SMILES string of the molecule is CC(C)Oc1ncccc1CNC(C)(C)C. The van der Waals surface area contributed by atoms with E-state index in [4.69, 9.17) is 4.74 Å². The van der Waals surface area contributed by atoms with Gasteiger partial charge < -0.3 is 10.1 Å². The average Bonchev–Trinajstić information content (AvgIpc) is 2.14. The third-order valence-corrected chi connectivity index (χ3v) is 2.01. The zero-order chi connectivity index (χ0) is 12.2. The molecule has 0 saturated carbocycles. The minimum atomic E-state index is 0.102. The molecule has 0 bridgehead atoms. The molecule has 1 heterocycles. The summed E-state index contributed by atoms with van der Waals surface area (Å²) >= 11 is 0. The second-order valence-electron chi connectivity index (χ2n) is 5.24. The van der Waals surface area contributed by atoms with Crippen molar-refractivity contribution in [1.82, 2.24) is 10.3 Å². The van der Waals surface area contributed by atoms with Gasteiger partial charge in [0.1, 0.15) is 0 Å². The minimum absolute atomic E-state index is 0.102. The summed E-state index contributed by atoms with van der Waals surface area (Å²) in [5.74, 6) is 0.731. The molecule has 0 aliphatic rings. The fourth-order valence-corrected chi connectivity index (χ4v) is 1.25. The van der Waals surface area contributed by atoms with Crippen molar-refractivity contribution in [2.24, 2.45) is 0 Å². The summed E-state index contributed by atoms with van der Waals surface area (Å²) < 4.78 is 5.66. The smallest absolute Gasteiger partial charge is 0.218 e. The van der Waals surface area contributed by atoms with Crippen LogP contribution in [0.2, 0.25) is 0 Å². The first-order valence-corrected chi connectivity index (χ1v) is 5.74. The molecule has 0 aliphatic carbocycles. The van der Waals surface area contributed by atoms with E-state index in [1.807, 2.05) is 26.0 Å². The van der Waals surface area contributed by atoms with E-state index in [0.29, 0.717) is 0 Å². The maximum atomic E-state index is 5.66. The van der Waals surface area contributed by atoms with Crippen molar-refractivity contribution in [2.75, 3.05) is 0 Å². The average molecular weight is 222 g/mol. The van der Waals surface area contributed by atoms with E-state index in [-0.39, 0.29) is 11.6 Å². The monoisotopic (exact) mass is 222 g/mol. The van der Waals surface area contributed by atoms with Crippen molar-refractivity contribution in [3.8, 4) is 5.88 Å². The Morgan fingerprint density at radius 2 is 2.06 bits per heavy atom. The predicted molar refractivity (Wildman–Crippen MR) is 66.6 cm³/mol. The van der Waals surface area contributed by atoms with Crippen LogP contribution in [-0.4, -0.2) is 16.6 Å². The van der Waals surface area contributed by atoms with Gasteiger partial charge in [0.2, 0.25) is 5.88 Å². The lowest BCUT2D eigenvalue weighted by atomic mass is 10.1. The van der Waals surface area contributed by atoms with Crippen LogP contribution < -0.4 is 10.1 Å². The van der Waals surface area contributed by atoms with Gasteiger partial charge in [0.05, 0.1) is 6.10 Å². The lowest BCUT2D eigenvalue weighted by Crippen LogP contribution is -2.35. The molecule has 3 heteroatoms. The molecule has 1 aromatic rings. The van der Waals surface area contributed by atoms with E-state index >= 15 is 0 Å². The summed E-state index contributed by atoms with van der Waals surface area (Å²) in [7, 11) is 0. The van der Waals surface area contributed by atoms with Crippen molar-refractivity contribution in [2.45, 2.75) is 52.8 Å². The number of aromatic nitrogens is 1. The summed E-state index contributed by atoms with van der Waals surface area (Å²) in [5, 5.41) is 3.43. The summed E-state index contributed by atoms with van der Waals surface area (Å²) in [6, 6.07) is 3.98. The van der Waals surface area contributed by atoms with Crippen LogP contribution in [0.25, 0.3) is 0 Å². The van der Waals surface area contributed by atoms with Crippen molar-refractivity contribution in [3.05, 3.63) is 23.9 Å². The number of ether oxygens (including phenoxy) is 1. The Balaban J connectivity index is 2.71. The van der Waals surface area contributed by atoms with Crippen LogP contribution in [0.4, 0.5) is 0 Å². The van der Waals surface area contributed by atoms with Gasteiger partial charge in [-0.3, -0.25) is 0 Å². The Bertz CT molecular complexity index is 329. The molecule has 1 rings (SSSR count).